The van der Waals surface area contributed by atoms with Gasteiger partial charge >= 0.3 is 0 Å². The van der Waals surface area contributed by atoms with Crippen LogP contribution in [0.2, 0.25) is 0 Å². The molecule has 0 bridgehead atoms. The van der Waals surface area contributed by atoms with Crippen molar-refractivity contribution in [3.63, 3.8) is 0 Å². The lowest BCUT2D eigenvalue weighted by molar-refractivity contribution is -0.833. The van der Waals surface area contributed by atoms with Crippen LogP contribution in [0, 0.1) is 0 Å². The van der Waals surface area contributed by atoms with Gasteiger partial charge < -0.3 is 5.32 Å². The lowest BCUT2D eigenvalue weighted by Gasteiger charge is -2.33. The molecule has 1 unspecified atom stereocenters. The van der Waals surface area contributed by atoms with E-state index in [2.05, 4.69) is 31.3 Å². The molecule has 0 saturated heterocycles. The number of aliphatic imine (C=N–C) groups is 1. The molecule has 0 aliphatic carbocycles. The molecule has 186 valence electrons. The Morgan fingerprint density at radius 1 is 0.875 bits per heavy atom. The molecule has 4 heteroatoms. The highest BCUT2D eigenvalue weighted by atomic mass is 16.1. The summed E-state index contributed by atoms with van der Waals surface area (Å²) >= 11 is 0. The van der Waals surface area contributed by atoms with Crippen molar-refractivity contribution in [3.05, 3.63) is 12.2 Å². The van der Waals surface area contributed by atoms with Crippen LogP contribution in [0.4, 0.5) is 0 Å². The Labute approximate surface area is 199 Å². The van der Waals surface area contributed by atoms with Gasteiger partial charge in [0.25, 0.3) is 0 Å². The molecule has 1 aliphatic heterocycles. The molecule has 0 aromatic carbocycles. The van der Waals surface area contributed by atoms with E-state index in [0.717, 1.165) is 43.6 Å². The molecule has 1 N–H and O–H groups in total. The summed E-state index contributed by atoms with van der Waals surface area (Å²) in [6.45, 7) is 11.0. The highest BCUT2D eigenvalue weighted by molar-refractivity contribution is 5.77. The SMILES string of the molecule is CCCCCCCCCCC/C=C/CCCCCCC1=NCC[N+]1(CC)CCNC(C)=O. The lowest BCUT2D eigenvalue weighted by atomic mass is 10.1. The van der Waals surface area contributed by atoms with Crippen molar-refractivity contribution in [2.24, 2.45) is 4.99 Å². The summed E-state index contributed by atoms with van der Waals surface area (Å²) in [7, 11) is 0. The van der Waals surface area contributed by atoms with E-state index in [1.807, 2.05) is 0 Å². The van der Waals surface area contributed by atoms with Crippen molar-refractivity contribution in [2.75, 3.05) is 32.7 Å². The van der Waals surface area contributed by atoms with E-state index in [0.29, 0.717) is 0 Å². The van der Waals surface area contributed by atoms with E-state index in [1.54, 1.807) is 6.92 Å². The summed E-state index contributed by atoms with van der Waals surface area (Å²) in [6.07, 6.45) is 26.4. The summed E-state index contributed by atoms with van der Waals surface area (Å²) in [5.74, 6) is 1.44. The third-order valence-corrected chi connectivity index (χ3v) is 7.05. The zero-order valence-corrected chi connectivity index (χ0v) is 21.8. The molecule has 0 aromatic rings. The number of allylic oxidation sites excluding steroid dienone is 2. The molecule has 1 rings (SSSR count). The lowest BCUT2D eigenvalue weighted by Crippen LogP contribution is -2.54. The monoisotopic (exact) mass is 448 g/mol. The minimum atomic E-state index is 0.0687. The van der Waals surface area contributed by atoms with Gasteiger partial charge in [-0.3, -0.25) is 9.28 Å². The molecule has 0 aromatic heterocycles. The van der Waals surface area contributed by atoms with Gasteiger partial charge in [0.2, 0.25) is 5.91 Å². The number of rotatable bonds is 21. The molecular formula is C28H54N3O+. The molecule has 0 fully saturated rings. The van der Waals surface area contributed by atoms with Crippen molar-refractivity contribution in [3.8, 4) is 0 Å². The van der Waals surface area contributed by atoms with Gasteiger partial charge in [-0.1, -0.05) is 83.3 Å². The summed E-state index contributed by atoms with van der Waals surface area (Å²) < 4.78 is 0.988. The standard InChI is InChI=1S/C28H53N3O/c1-4-6-7-8-9-10-11-12-13-14-15-16-17-18-19-20-21-22-28-30-24-26-31(28,5-2)25-23-29-27(3)32/h15-16H,4-14,17-26H2,1-3H3/p+1/b16-15+. The minimum Gasteiger partial charge on any atom is -0.351 e. The first-order chi connectivity index (χ1) is 15.6. The van der Waals surface area contributed by atoms with Crippen LogP contribution in [-0.4, -0.2) is 48.9 Å². The van der Waals surface area contributed by atoms with Gasteiger partial charge in [-0.25, -0.2) is 4.99 Å². The fourth-order valence-electron chi connectivity index (χ4n) is 4.86. The van der Waals surface area contributed by atoms with Crippen molar-refractivity contribution >= 4 is 11.7 Å². The number of likely N-dealkylation sites (N-methyl/N-ethyl adjacent to an activating group) is 1. The van der Waals surface area contributed by atoms with Crippen molar-refractivity contribution < 1.29 is 9.28 Å². The number of nitrogens with zero attached hydrogens (tertiary/aromatic N) is 2. The summed E-state index contributed by atoms with van der Waals surface area (Å²) in [5, 5.41) is 2.96. The fourth-order valence-corrected chi connectivity index (χ4v) is 4.86. The Balaban J connectivity index is 1.98. The maximum atomic E-state index is 11.2. The highest BCUT2D eigenvalue weighted by Gasteiger charge is 2.35. The average Bonchev–Trinajstić information content (AvgIpc) is 3.18. The van der Waals surface area contributed by atoms with E-state index in [1.165, 1.54) is 102 Å². The van der Waals surface area contributed by atoms with Crippen LogP contribution in [-0.2, 0) is 4.79 Å². The van der Waals surface area contributed by atoms with E-state index in [9.17, 15) is 4.79 Å². The Bertz CT molecular complexity index is 529. The molecule has 1 heterocycles. The molecule has 0 spiro atoms. The third-order valence-electron chi connectivity index (χ3n) is 7.05. The largest absolute Gasteiger partial charge is 0.351 e. The molecular weight excluding hydrogens is 394 g/mol. The highest BCUT2D eigenvalue weighted by Crippen LogP contribution is 2.20. The van der Waals surface area contributed by atoms with E-state index < -0.39 is 0 Å². The molecule has 1 amide bonds. The molecule has 4 nitrogen and oxygen atoms in total. The number of quaternary nitrogens is 1. The molecule has 32 heavy (non-hydrogen) atoms. The first-order valence-corrected chi connectivity index (χ1v) is 13.9. The summed E-state index contributed by atoms with van der Waals surface area (Å²) in [6, 6.07) is 0. The van der Waals surface area contributed by atoms with Crippen LogP contribution in [0.1, 0.15) is 124 Å². The van der Waals surface area contributed by atoms with Gasteiger partial charge in [0.05, 0.1) is 19.6 Å². The Kier molecular flexibility index (Phi) is 17.4. The van der Waals surface area contributed by atoms with Crippen LogP contribution in [0.5, 0.6) is 0 Å². The molecule has 0 radical (unpaired) electrons. The maximum Gasteiger partial charge on any atom is 0.217 e. The van der Waals surface area contributed by atoms with E-state index in [4.69, 9.17) is 4.99 Å². The zero-order chi connectivity index (χ0) is 23.3. The predicted octanol–water partition coefficient (Wildman–Crippen LogP) is 7.19. The first-order valence-electron chi connectivity index (χ1n) is 13.9. The van der Waals surface area contributed by atoms with Crippen LogP contribution in [0.25, 0.3) is 0 Å². The predicted molar refractivity (Wildman–Crippen MR) is 140 cm³/mol. The van der Waals surface area contributed by atoms with Crippen LogP contribution >= 0.6 is 0 Å². The first kappa shape index (κ1) is 28.9. The summed E-state index contributed by atoms with van der Waals surface area (Å²) in [5.41, 5.74) is 0. The average molecular weight is 449 g/mol. The van der Waals surface area contributed by atoms with E-state index in [-0.39, 0.29) is 5.91 Å². The topological polar surface area (TPSA) is 41.5 Å². The Morgan fingerprint density at radius 2 is 1.44 bits per heavy atom. The second-order valence-corrected chi connectivity index (χ2v) is 9.73. The number of carbonyl (C=O) groups is 1. The quantitative estimate of drug-likeness (QED) is 0.113. The van der Waals surface area contributed by atoms with Gasteiger partial charge in [-0.05, 0) is 39.0 Å². The van der Waals surface area contributed by atoms with Gasteiger partial charge in [0.1, 0.15) is 13.1 Å². The number of carbonyl (C=O) groups excluding carboxylic acids is 1. The Morgan fingerprint density at radius 3 is 2.00 bits per heavy atom. The van der Waals surface area contributed by atoms with Crippen LogP contribution in [0.15, 0.2) is 17.1 Å². The third kappa shape index (κ3) is 13.4. The number of unbranched alkanes of at least 4 members (excludes halogenated alkanes) is 13. The van der Waals surface area contributed by atoms with Gasteiger partial charge in [-0.2, -0.15) is 0 Å². The second kappa shape index (κ2) is 19.3. The summed E-state index contributed by atoms with van der Waals surface area (Å²) in [4.78, 5) is 16.0. The van der Waals surface area contributed by atoms with Gasteiger partial charge in [0.15, 0.2) is 5.84 Å². The Hall–Kier alpha value is -1.16. The van der Waals surface area contributed by atoms with Crippen molar-refractivity contribution in [1.29, 1.82) is 0 Å². The molecule has 1 atom stereocenters. The van der Waals surface area contributed by atoms with Crippen LogP contribution in [0.3, 0.4) is 0 Å². The smallest absolute Gasteiger partial charge is 0.217 e. The number of amides is 1. The van der Waals surface area contributed by atoms with Crippen LogP contribution < -0.4 is 5.32 Å². The maximum absolute atomic E-state index is 11.2. The number of hydrogen-bond donors (Lipinski definition) is 1. The second-order valence-electron chi connectivity index (χ2n) is 9.73. The minimum absolute atomic E-state index is 0.0687. The van der Waals surface area contributed by atoms with Gasteiger partial charge in [-0.15, -0.1) is 0 Å². The molecule has 0 saturated carbocycles. The normalized spacial score (nSPS) is 18.4. The molecule has 1 aliphatic rings. The zero-order valence-electron chi connectivity index (χ0n) is 21.8. The number of nitrogens with one attached hydrogen (secondary N) is 1. The van der Waals surface area contributed by atoms with Gasteiger partial charge in [0, 0.05) is 13.3 Å². The van der Waals surface area contributed by atoms with Crippen molar-refractivity contribution in [2.45, 2.75) is 124 Å². The number of amidine groups is 1. The van der Waals surface area contributed by atoms with Crippen molar-refractivity contribution in [1.82, 2.24) is 5.32 Å². The fraction of sp³-hybridized carbons (Fsp3) is 0.857. The van der Waals surface area contributed by atoms with E-state index >= 15 is 0 Å². The number of hydrogen-bond acceptors (Lipinski definition) is 2.